The van der Waals surface area contributed by atoms with Crippen molar-refractivity contribution in [1.29, 1.82) is 0 Å². The van der Waals surface area contributed by atoms with Crippen molar-refractivity contribution in [1.82, 2.24) is 14.9 Å². The summed E-state index contributed by atoms with van der Waals surface area (Å²) in [5, 5.41) is 0. The number of rotatable bonds is 5. The van der Waals surface area contributed by atoms with Crippen LogP contribution in [0.15, 0.2) is 42.7 Å². The molecular weight excluding hydrogens is 372 g/mol. The highest BCUT2D eigenvalue weighted by Gasteiger charge is 2.34. The molecular formula is C21H26N4O4. The minimum atomic E-state index is -0.518. The Hall–Kier alpha value is -3.16. The molecule has 1 atom stereocenters. The van der Waals surface area contributed by atoms with Crippen LogP contribution in [0.5, 0.6) is 0 Å². The number of nitrogens with zero attached hydrogens (tertiary/aromatic N) is 4. The van der Waals surface area contributed by atoms with E-state index in [4.69, 9.17) is 4.74 Å². The Morgan fingerprint density at radius 3 is 2.52 bits per heavy atom. The van der Waals surface area contributed by atoms with Crippen molar-refractivity contribution in [3.05, 3.63) is 54.0 Å². The predicted octanol–water partition coefficient (Wildman–Crippen LogP) is 2.75. The molecule has 0 radical (unpaired) electrons. The largest absolute Gasteiger partial charge is 0.464 e. The zero-order chi connectivity index (χ0) is 20.8. The molecule has 2 aromatic rings. The first kappa shape index (κ1) is 20.6. The summed E-state index contributed by atoms with van der Waals surface area (Å²) >= 11 is 0. The number of carbonyl (C=O) groups excluding carboxylic acids is 2. The average molecular weight is 398 g/mol. The highest BCUT2D eigenvalue weighted by Crippen LogP contribution is 2.22. The molecule has 1 aromatic heterocycles. The lowest BCUT2D eigenvalue weighted by Crippen LogP contribution is -2.57. The van der Waals surface area contributed by atoms with Gasteiger partial charge in [0.25, 0.3) is 0 Å². The van der Waals surface area contributed by atoms with E-state index in [0.717, 1.165) is 5.56 Å². The maximum atomic E-state index is 12.7. The molecule has 0 N–H and O–H groups in total. The fourth-order valence-electron chi connectivity index (χ4n) is 3.31. The molecule has 0 spiro atoms. The molecule has 0 saturated carbocycles. The quantitative estimate of drug-likeness (QED) is 0.716. The molecule has 0 aliphatic carbocycles. The maximum absolute atomic E-state index is 12.7. The summed E-state index contributed by atoms with van der Waals surface area (Å²) in [5.41, 5.74) is 1.13. The Morgan fingerprint density at radius 1 is 1.14 bits per heavy atom. The van der Waals surface area contributed by atoms with E-state index in [0.29, 0.717) is 25.5 Å². The number of hydrogen-bond acceptors (Lipinski definition) is 7. The monoisotopic (exact) mass is 398 g/mol. The third-order valence-corrected chi connectivity index (χ3v) is 4.98. The molecule has 8 heteroatoms. The molecule has 154 valence electrons. The van der Waals surface area contributed by atoms with Crippen molar-refractivity contribution in [2.24, 2.45) is 5.92 Å². The topological polar surface area (TPSA) is 84.9 Å². The standard InChI is InChI=1S/C21H26N4O4/c1-15(2)18-13-24(19-12-22-17(11-23-19)20(26)28-3)9-10-25(18)21(27)29-14-16-7-5-4-6-8-16/h4-8,11-12,15,18H,9-10,13-14H2,1-3H3. The highest BCUT2D eigenvalue weighted by atomic mass is 16.6. The van der Waals surface area contributed by atoms with Gasteiger partial charge in [0.05, 0.1) is 25.5 Å². The van der Waals surface area contributed by atoms with Gasteiger partial charge in [-0.05, 0) is 11.5 Å². The van der Waals surface area contributed by atoms with Gasteiger partial charge in [-0.1, -0.05) is 44.2 Å². The maximum Gasteiger partial charge on any atom is 0.410 e. The lowest BCUT2D eigenvalue weighted by Gasteiger charge is -2.43. The third kappa shape index (κ3) is 5.01. The smallest absolute Gasteiger partial charge is 0.410 e. The number of methoxy groups -OCH3 is 1. The second kappa shape index (κ2) is 9.36. The van der Waals surface area contributed by atoms with Crippen LogP contribution in [0.25, 0.3) is 0 Å². The van der Waals surface area contributed by atoms with Crippen LogP contribution in [-0.2, 0) is 16.1 Å². The van der Waals surface area contributed by atoms with Crippen LogP contribution < -0.4 is 4.90 Å². The lowest BCUT2D eigenvalue weighted by atomic mass is 10.00. The van der Waals surface area contributed by atoms with Crippen LogP contribution in [0, 0.1) is 5.92 Å². The molecule has 29 heavy (non-hydrogen) atoms. The number of amides is 1. The number of piperazine rings is 1. The SMILES string of the molecule is COC(=O)c1cnc(N2CCN(C(=O)OCc3ccccc3)C(C(C)C)C2)cn1. The van der Waals surface area contributed by atoms with Gasteiger partial charge in [0.1, 0.15) is 12.4 Å². The van der Waals surface area contributed by atoms with Gasteiger partial charge < -0.3 is 19.3 Å². The molecule has 1 aromatic carbocycles. The van der Waals surface area contributed by atoms with Crippen molar-refractivity contribution in [2.45, 2.75) is 26.5 Å². The summed E-state index contributed by atoms with van der Waals surface area (Å²) in [6.07, 6.45) is 2.67. The minimum absolute atomic E-state index is 0.0193. The van der Waals surface area contributed by atoms with Crippen LogP contribution in [0.3, 0.4) is 0 Å². The Balaban J connectivity index is 1.64. The van der Waals surface area contributed by atoms with Gasteiger partial charge >= 0.3 is 12.1 Å². The average Bonchev–Trinajstić information content (AvgIpc) is 2.77. The van der Waals surface area contributed by atoms with Crippen molar-refractivity contribution in [2.75, 3.05) is 31.6 Å². The van der Waals surface area contributed by atoms with Crippen LogP contribution in [0.1, 0.15) is 29.9 Å². The van der Waals surface area contributed by atoms with E-state index in [1.54, 1.807) is 11.1 Å². The number of esters is 1. The van der Waals surface area contributed by atoms with Crippen LogP contribution in [-0.4, -0.2) is 59.7 Å². The zero-order valence-electron chi connectivity index (χ0n) is 16.9. The molecule has 8 nitrogen and oxygen atoms in total. The van der Waals surface area contributed by atoms with Crippen LogP contribution in [0.2, 0.25) is 0 Å². The highest BCUT2D eigenvalue weighted by molar-refractivity contribution is 5.86. The van der Waals surface area contributed by atoms with Crippen molar-refractivity contribution in [3.63, 3.8) is 0 Å². The molecule has 2 heterocycles. The van der Waals surface area contributed by atoms with Crippen molar-refractivity contribution in [3.8, 4) is 0 Å². The van der Waals surface area contributed by atoms with E-state index < -0.39 is 5.97 Å². The molecule has 1 unspecified atom stereocenters. The normalized spacial score (nSPS) is 16.6. The van der Waals surface area contributed by atoms with Gasteiger partial charge in [0.15, 0.2) is 5.69 Å². The number of hydrogen-bond donors (Lipinski definition) is 0. The van der Waals surface area contributed by atoms with Crippen LogP contribution in [0.4, 0.5) is 10.6 Å². The summed E-state index contributed by atoms with van der Waals surface area (Å²) in [7, 11) is 1.31. The first-order valence-electron chi connectivity index (χ1n) is 9.62. The zero-order valence-corrected chi connectivity index (χ0v) is 16.9. The third-order valence-electron chi connectivity index (χ3n) is 4.98. The number of benzene rings is 1. The molecule has 1 saturated heterocycles. The van der Waals surface area contributed by atoms with Crippen LogP contribution >= 0.6 is 0 Å². The summed E-state index contributed by atoms with van der Waals surface area (Å²) in [5.74, 6) is 0.389. The van der Waals surface area contributed by atoms with E-state index in [-0.39, 0.29) is 30.4 Å². The van der Waals surface area contributed by atoms with Crippen molar-refractivity contribution < 1.29 is 19.1 Å². The van der Waals surface area contributed by atoms with Crippen molar-refractivity contribution >= 4 is 17.9 Å². The Labute approximate surface area is 170 Å². The number of carbonyl (C=O) groups is 2. The first-order chi connectivity index (χ1) is 14.0. The molecule has 1 aliphatic rings. The summed E-state index contributed by atoms with van der Waals surface area (Å²) in [6, 6.07) is 9.62. The van der Waals surface area contributed by atoms with E-state index in [9.17, 15) is 9.59 Å². The van der Waals surface area contributed by atoms with E-state index in [1.807, 2.05) is 30.3 Å². The Kier molecular flexibility index (Phi) is 6.64. The molecule has 1 aliphatic heterocycles. The Bertz CT molecular complexity index is 826. The van der Waals surface area contributed by atoms with Gasteiger partial charge in [-0.2, -0.15) is 0 Å². The predicted molar refractivity (Wildman–Crippen MR) is 108 cm³/mol. The van der Waals surface area contributed by atoms with Gasteiger partial charge in [-0.3, -0.25) is 0 Å². The van der Waals surface area contributed by atoms with Gasteiger partial charge in [-0.15, -0.1) is 0 Å². The van der Waals surface area contributed by atoms with Gasteiger partial charge in [0.2, 0.25) is 0 Å². The fourth-order valence-corrected chi connectivity index (χ4v) is 3.31. The first-order valence-corrected chi connectivity index (χ1v) is 9.62. The second-order valence-corrected chi connectivity index (χ2v) is 7.24. The number of aromatic nitrogens is 2. The molecule has 0 bridgehead atoms. The lowest BCUT2D eigenvalue weighted by molar-refractivity contribution is 0.0592. The number of anilines is 1. The van der Waals surface area contributed by atoms with E-state index in [1.165, 1.54) is 13.3 Å². The summed E-state index contributed by atoms with van der Waals surface area (Å²) < 4.78 is 10.2. The second-order valence-electron chi connectivity index (χ2n) is 7.24. The minimum Gasteiger partial charge on any atom is -0.464 e. The van der Waals surface area contributed by atoms with E-state index >= 15 is 0 Å². The molecule has 1 fully saturated rings. The molecule has 3 rings (SSSR count). The van der Waals surface area contributed by atoms with Gasteiger partial charge in [-0.25, -0.2) is 19.6 Å². The fraction of sp³-hybridized carbons (Fsp3) is 0.429. The Morgan fingerprint density at radius 2 is 1.90 bits per heavy atom. The molecule has 1 amide bonds. The summed E-state index contributed by atoms with van der Waals surface area (Å²) in [4.78, 5) is 36.5. The number of ether oxygens (including phenoxy) is 2. The van der Waals surface area contributed by atoms with E-state index in [2.05, 4.69) is 33.5 Å². The summed E-state index contributed by atoms with van der Waals surface area (Å²) in [6.45, 7) is 6.16. The van der Waals surface area contributed by atoms with Gasteiger partial charge in [0, 0.05) is 19.6 Å².